The van der Waals surface area contributed by atoms with Crippen LogP contribution in [0.4, 0.5) is 20.2 Å². The largest absolute Gasteiger partial charge is 0.331 e. The number of nitrogens with zero attached hydrogens (tertiary/aromatic N) is 5. The van der Waals surface area contributed by atoms with Crippen molar-refractivity contribution in [2.45, 2.75) is 19.9 Å². The number of anilines is 2. The van der Waals surface area contributed by atoms with Gasteiger partial charge in [-0.15, -0.1) is 0 Å². The summed E-state index contributed by atoms with van der Waals surface area (Å²) in [7, 11) is 1.77. The van der Waals surface area contributed by atoms with Crippen LogP contribution in [0.5, 0.6) is 0 Å². The van der Waals surface area contributed by atoms with Crippen molar-refractivity contribution in [2.75, 3.05) is 4.90 Å². The van der Waals surface area contributed by atoms with Crippen LogP contribution in [0.25, 0.3) is 11.4 Å². The molecule has 0 atom stereocenters. The van der Waals surface area contributed by atoms with Gasteiger partial charge in [-0.25, -0.2) is 13.8 Å². The van der Waals surface area contributed by atoms with Crippen LogP contribution in [0.15, 0.2) is 66.7 Å². The maximum Gasteiger partial charge on any atom is 0.181 e. The summed E-state index contributed by atoms with van der Waals surface area (Å²) in [6.07, 6.45) is 0.800. The highest BCUT2D eigenvalue weighted by Crippen LogP contribution is 2.32. The lowest BCUT2D eigenvalue weighted by Crippen LogP contribution is -2.21. The lowest BCUT2D eigenvalue weighted by Gasteiger charge is -2.25. The van der Waals surface area contributed by atoms with Crippen LogP contribution in [0.1, 0.15) is 23.9 Å². The zero-order chi connectivity index (χ0) is 22.7. The molecule has 0 fully saturated rings. The van der Waals surface area contributed by atoms with Gasteiger partial charge in [-0.2, -0.15) is 10.4 Å². The molecular formula is C25H21F2N5. The summed E-state index contributed by atoms with van der Waals surface area (Å²) in [4.78, 5) is 6.29. The third-order valence-electron chi connectivity index (χ3n) is 5.26. The third-order valence-corrected chi connectivity index (χ3v) is 5.26. The molecule has 0 N–H and O–H groups in total. The monoisotopic (exact) mass is 429 g/mol. The van der Waals surface area contributed by atoms with Gasteiger partial charge < -0.3 is 4.90 Å². The third kappa shape index (κ3) is 4.21. The van der Waals surface area contributed by atoms with E-state index in [0.717, 1.165) is 29.7 Å². The van der Waals surface area contributed by atoms with Gasteiger partial charge in [0.05, 0.1) is 17.8 Å². The molecular weight excluding hydrogens is 408 g/mol. The maximum atomic E-state index is 15.0. The van der Waals surface area contributed by atoms with Gasteiger partial charge in [0.25, 0.3) is 0 Å². The van der Waals surface area contributed by atoms with E-state index in [-0.39, 0.29) is 17.8 Å². The van der Waals surface area contributed by atoms with Crippen LogP contribution < -0.4 is 4.90 Å². The Morgan fingerprint density at radius 1 is 1.00 bits per heavy atom. The van der Waals surface area contributed by atoms with Gasteiger partial charge in [0.2, 0.25) is 0 Å². The van der Waals surface area contributed by atoms with Crippen molar-refractivity contribution >= 4 is 11.4 Å². The molecule has 0 bridgehead atoms. The normalized spacial score (nSPS) is 10.7. The SMILES string of the molecule is CCc1cccc(N(Cc2nc(-c3ccccc3)nn2C)c2cc(F)c(C#N)cc2F)c1. The van der Waals surface area contributed by atoms with Crippen molar-refractivity contribution in [3.63, 3.8) is 0 Å². The number of aryl methyl sites for hydroxylation is 2. The Labute approximate surface area is 185 Å². The van der Waals surface area contributed by atoms with Crippen molar-refractivity contribution < 1.29 is 8.78 Å². The molecule has 1 heterocycles. The predicted octanol–water partition coefficient (Wildman–Crippen LogP) is 5.53. The lowest BCUT2D eigenvalue weighted by atomic mass is 10.1. The van der Waals surface area contributed by atoms with E-state index in [1.54, 1.807) is 22.7 Å². The van der Waals surface area contributed by atoms with Crippen LogP contribution >= 0.6 is 0 Å². The molecule has 0 aliphatic carbocycles. The fourth-order valence-electron chi connectivity index (χ4n) is 3.49. The van der Waals surface area contributed by atoms with Gasteiger partial charge in [-0.1, -0.05) is 49.4 Å². The first-order chi connectivity index (χ1) is 15.5. The topological polar surface area (TPSA) is 57.7 Å². The highest BCUT2D eigenvalue weighted by molar-refractivity contribution is 5.65. The van der Waals surface area contributed by atoms with E-state index in [0.29, 0.717) is 17.3 Å². The molecule has 0 spiro atoms. The minimum atomic E-state index is -0.775. The smallest absolute Gasteiger partial charge is 0.181 e. The highest BCUT2D eigenvalue weighted by Gasteiger charge is 2.21. The molecule has 0 amide bonds. The summed E-state index contributed by atoms with van der Waals surface area (Å²) in [5.41, 5.74) is 2.31. The van der Waals surface area contributed by atoms with E-state index in [1.807, 2.05) is 61.5 Å². The molecule has 3 aromatic carbocycles. The van der Waals surface area contributed by atoms with Gasteiger partial charge >= 0.3 is 0 Å². The Balaban J connectivity index is 1.80. The second-order valence-electron chi connectivity index (χ2n) is 7.35. The van der Waals surface area contributed by atoms with Crippen molar-refractivity contribution in [1.82, 2.24) is 14.8 Å². The van der Waals surface area contributed by atoms with Crippen molar-refractivity contribution in [2.24, 2.45) is 7.05 Å². The average Bonchev–Trinajstić information content (AvgIpc) is 3.19. The summed E-state index contributed by atoms with van der Waals surface area (Å²) in [5, 5.41) is 13.5. The maximum absolute atomic E-state index is 15.0. The Kier molecular flexibility index (Phi) is 5.95. The predicted molar refractivity (Wildman–Crippen MR) is 119 cm³/mol. The number of hydrogen-bond acceptors (Lipinski definition) is 4. The molecule has 0 aliphatic heterocycles. The summed E-state index contributed by atoms with van der Waals surface area (Å²) in [5.74, 6) is -0.328. The van der Waals surface area contributed by atoms with Crippen molar-refractivity contribution in [3.8, 4) is 17.5 Å². The molecule has 32 heavy (non-hydrogen) atoms. The Morgan fingerprint density at radius 3 is 2.50 bits per heavy atom. The molecule has 0 saturated carbocycles. The minimum absolute atomic E-state index is 0.0269. The van der Waals surface area contributed by atoms with E-state index < -0.39 is 11.6 Å². The van der Waals surface area contributed by atoms with Gasteiger partial charge in [0.1, 0.15) is 23.5 Å². The van der Waals surface area contributed by atoms with E-state index in [9.17, 15) is 4.39 Å². The second-order valence-corrected chi connectivity index (χ2v) is 7.35. The minimum Gasteiger partial charge on any atom is -0.331 e. The van der Waals surface area contributed by atoms with Crippen LogP contribution in [0, 0.1) is 23.0 Å². The molecule has 0 aliphatic rings. The fraction of sp³-hybridized carbons (Fsp3) is 0.160. The first kappa shape index (κ1) is 21.2. The molecule has 0 unspecified atom stereocenters. The molecule has 7 heteroatoms. The zero-order valence-corrected chi connectivity index (χ0v) is 17.8. The number of nitriles is 1. The number of benzene rings is 3. The zero-order valence-electron chi connectivity index (χ0n) is 17.8. The van der Waals surface area contributed by atoms with Crippen LogP contribution in [-0.4, -0.2) is 14.8 Å². The van der Waals surface area contributed by atoms with Crippen LogP contribution in [0.3, 0.4) is 0 Å². The van der Waals surface area contributed by atoms with E-state index in [1.165, 1.54) is 0 Å². The number of hydrogen-bond donors (Lipinski definition) is 0. The molecule has 1 aromatic heterocycles. The molecule has 160 valence electrons. The first-order valence-corrected chi connectivity index (χ1v) is 10.2. The molecule has 4 aromatic rings. The summed E-state index contributed by atoms with van der Waals surface area (Å²) >= 11 is 0. The number of rotatable bonds is 6. The van der Waals surface area contributed by atoms with E-state index in [4.69, 9.17) is 5.26 Å². The first-order valence-electron chi connectivity index (χ1n) is 10.2. The molecule has 4 rings (SSSR count). The lowest BCUT2D eigenvalue weighted by molar-refractivity contribution is 0.593. The summed E-state index contributed by atoms with van der Waals surface area (Å²) in [6, 6.07) is 20.8. The summed E-state index contributed by atoms with van der Waals surface area (Å²) < 4.78 is 31.1. The standard InChI is InChI=1S/C25H21F2N5/c1-3-17-8-7-11-20(12-17)32(23-14-21(26)19(15-28)13-22(23)27)16-24-29-25(30-31(24)2)18-9-5-4-6-10-18/h4-14H,3,16H2,1-2H3. The van der Waals surface area contributed by atoms with Crippen LogP contribution in [-0.2, 0) is 20.0 Å². The highest BCUT2D eigenvalue weighted by atomic mass is 19.1. The number of aromatic nitrogens is 3. The van der Waals surface area contributed by atoms with Crippen LogP contribution in [0.2, 0.25) is 0 Å². The number of halogens is 2. The van der Waals surface area contributed by atoms with Crippen molar-refractivity contribution in [1.29, 1.82) is 5.26 Å². The van der Waals surface area contributed by atoms with E-state index in [2.05, 4.69) is 10.1 Å². The quantitative estimate of drug-likeness (QED) is 0.404. The van der Waals surface area contributed by atoms with Crippen molar-refractivity contribution in [3.05, 3.63) is 95.3 Å². The second kappa shape index (κ2) is 8.98. The van der Waals surface area contributed by atoms with Gasteiger partial charge in [-0.3, -0.25) is 4.68 Å². The Morgan fingerprint density at radius 2 is 1.78 bits per heavy atom. The average molecular weight is 429 g/mol. The Hall–Kier alpha value is -4.05. The fourth-order valence-corrected chi connectivity index (χ4v) is 3.49. The van der Waals surface area contributed by atoms with Gasteiger partial charge in [0, 0.05) is 24.4 Å². The molecule has 0 saturated heterocycles. The molecule has 5 nitrogen and oxygen atoms in total. The van der Waals surface area contributed by atoms with E-state index >= 15 is 4.39 Å². The Bertz CT molecular complexity index is 1290. The summed E-state index contributed by atoms with van der Waals surface area (Å²) in [6.45, 7) is 2.19. The van der Waals surface area contributed by atoms with Gasteiger partial charge in [0.15, 0.2) is 5.82 Å². The van der Waals surface area contributed by atoms with Gasteiger partial charge in [-0.05, 0) is 30.2 Å². The molecule has 0 radical (unpaired) electrons.